The molecule has 2 N–H and O–H groups in total. The zero-order chi connectivity index (χ0) is 12.3. The molecule has 0 aliphatic heterocycles. The van der Waals surface area contributed by atoms with Gasteiger partial charge in [0.15, 0.2) is 11.6 Å². The lowest BCUT2D eigenvalue weighted by Gasteiger charge is -2.09. The molecule has 0 aliphatic rings. The second kappa shape index (κ2) is 4.82. The zero-order valence-corrected chi connectivity index (χ0v) is 9.92. The van der Waals surface area contributed by atoms with Crippen molar-refractivity contribution in [3.8, 4) is 17.0 Å². The van der Waals surface area contributed by atoms with Crippen molar-refractivity contribution in [2.24, 2.45) is 0 Å². The van der Waals surface area contributed by atoms with Crippen molar-refractivity contribution in [2.75, 3.05) is 12.3 Å². The minimum absolute atomic E-state index is 0.371. The summed E-state index contributed by atoms with van der Waals surface area (Å²) in [5.74, 6) is 0.938. The van der Waals surface area contributed by atoms with Crippen LogP contribution in [0.1, 0.15) is 13.8 Å². The zero-order valence-electron chi connectivity index (χ0n) is 9.92. The van der Waals surface area contributed by atoms with E-state index in [0.717, 1.165) is 17.8 Å². The molecule has 17 heavy (non-hydrogen) atoms. The highest BCUT2D eigenvalue weighted by atomic mass is 16.5. The van der Waals surface area contributed by atoms with E-state index < -0.39 is 0 Å². The molecule has 0 spiro atoms. The summed E-state index contributed by atoms with van der Waals surface area (Å²) in [5, 5.41) is 8.46. The molecule has 0 saturated heterocycles. The first-order valence-electron chi connectivity index (χ1n) is 5.54. The van der Waals surface area contributed by atoms with Crippen LogP contribution >= 0.6 is 0 Å². The van der Waals surface area contributed by atoms with Crippen molar-refractivity contribution >= 4 is 5.82 Å². The topological polar surface area (TPSA) is 78.8 Å². The summed E-state index contributed by atoms with van der Waals surface area (Å²) in [6.45, 7) is 5.14. The Morgan fingerprint density at radius 2 is 2.24 bits per heavy atom. The number of ether oxygens (including phenoxy) is 1. The molecular formula is C11H15N5O. The first-order valence-corrected chi connectivity index (χ1v) is 5.54. The molecule has 0 bridgehead atoms. The molecular weight excluding hydrogens is 218 g/mol. The maximum Gasteiger partial charge on any atom is 0.170 e. The smallest absolute Gasteiger partial charge is 0.170 e. The van der Waals surface area contributed by atoms with E-state index >= 15 is 0 Å². The normalized spacial score (nSPS) is 10.5. The van der Waals surface area contributed by atoms with Gasteiger partial charge in [-0.2, -0.15) is 15.0 Å². The van der Waals surface area contributed by atoms with Crippen LogP contribution in [0, 0.1) is 0 Å². The van der Waals surface area contributed by atoms with Crippen LogP contribution in [0.5, 0.6) is 5.75 Å². The Balaban J connectivity index is 2.46. The van der Waals surface area contributed by atoms with E-state index in [1.807, 2.05) is 19.9 Å². The lowest BCUT2D eigenvalue weighted by molar-refractivity contribution is 0.342. The predicted octanol–water partition coefficient (Wildman–Crippen LogP) is 1.34. The second-order valence-corrected chi connectivity index (χ2v) is 3.42. The van der Waals surface area contributed by atoms with E-state index in [2.05, 4.69) is 15.2 Å². The highest BCUT2D eigenvalue weighted by Crippen LogP contribution is 2.31. The summed E-state index contributed by atoms with van der Waals surface area (Å²) in [5.41, 5.74) is 7.35. The number of pyridine rings is 1. The number of aryl methyl sites for hydroxylation is 1. The summed E-state index contributed by atoms with van der Waals surface area (Å²) in [6.07, 6.45) is 3.33. The highest BCUT2D eigenvalue weighted by Gasteiger charge is 2.13. The van der Waals surface area contributed by atoms with Gasteiger partial charge in [0, 0.05) is 6.20 Å². The third-order valence-electron chi connectivity index (χ3n) is 2.32. The fourth-order valence-electron chi connectivity index (χ4n) is 1.54. The first-order chi connectivity index (χ1) is 8.26. The van der Waals surface area contributed by atoms with Gasteiger partial charge < -0.3 is 10.5 Å². The van der Waals surface area contributed by atoms with Crippen molar-refractivity contribution in [3.63, 3.8) is 0 Å². The van der Waals surface area contributed by atoms with Gasteiger partial charge in [0.05, 0.1) is 24.9 Å². The summed E-state index contributed by atoms with van der Waals surface area (Å²) in [7, 11) is 0. The molecule has 0 unspecified atom stereocenters. The van der Waals surface area contributed by atoms with Crippen LogP contribution in [0.15, 0.2) is 18.5 Å². The van der Waals surface area contributed by atoms with Crippen LogP contribution in [0.25, 0.3) is 11.3 Å². The average Bonchev–Trinajstić information content (AvgIpc) is 2.80. The Hall–Kier alpha value is -2.11. The SMILES string of the molecule is CCOc1c(-c2cnn(CC)n2)ccnc1N. The third-order valence-corrected chi connectivity index (χ3v) is 2.32. The largest absolute Gasteiger partial charge is 0.489 e. The maximum atomic E-state index is 5.79. The molecule has 90 valence electrons. The Kier molecular flexibility index (Phi) is 3.22. The number of nitrogens with two attached hydrogens (primary N) is 1. The van der Waals surface area contributed by atoms with E-state index in [0.29, 0.717) is 18.2 Å². The predicted molar refractivity (Wildman–Crippen MR) is 64.5 cm³/mol. The van der Waals surface area contributed by atoms with E-state index in [-0.39, 0.29) is 0 Å². The molecule has 0 atom stereocenters. The van der Waals surface area contributed by atoms with Gasteiger partial charge in [0.25, 0.3) is 0 Å². The summed E-state index contributed by atoms with van der Waals surface area (Å²) in [6, 6.07) is 1.82. The van der Waals surface area contributed by atoms with Crippen molar-refractivity contribution in [1.29, 1.82) is 0 Å². The van der Waals surface area contributed by atoms with Gasteiger partial charge in [-0.25, -0.2) is 4.98 Å². The minimum atomic E-state index is 0.371. The van der Waals surface area contributed by atoms with Gasteiger partial charge in [-0.3, -0.25) is 0 Å². The second-order valence-electron chi connectivity index (χ2n) is 3.42. The number of hydrogen-bond acceptors (Lipinski definition) is 5. The van der Waals surface area contributed by atoms with Crippen molar-refractivity contribution in [1.82, 2.24) is 20.0 Å². The van der Waals surface area contributed by atoms with Gasteiger partial charge >= 0.3 is 0 Å². The fraction of sp³-hybridized carbons (Fsp3) is 0.364. The quantitative estimate of drug-likeness (QED) is 0.862. The number of hydrogen-bond donors (Lipinski definition) is 1. The summed E-state index contributed by atoms with van der Waals surface area (Å²) in [4.78, 5) is 5.62. The number of nitrogen functional groups attached to an aromatic ring is 1. The molecule has 0 aromatic carbocycles. The molecule has 0 fully saturated rings. The molecule has 0 amide bonds. The van der Waals surface area contributed by atoms with Gasteiger partial charge in [-0.05, 0) is 19.9 Å². The van der Waals surface area contributed by atoms with Crippen LogP contribution in [0.3, 0.4) is 0 Å². The summed E-state index contributed by atoms with van der Waals surface area (Å²) >= 11 is 0. The molecule has 6 nitrogen and oxygen atoms in total. The molecule has 2 aromatic rings. The van der Waals surface area contributed by atoms with Crippen molar-refractivity contribution < 1.29 is 4.74 Å². The Labute approximate surface area is 99.4 Å². The number of rotatable bonds is 4. The molecule has 2 aromatic heterocycles. The molecule has 0 saturated carbocycles. The average molecular weight is 233 g/mol. The number of nitrogens with zero attached hydrogens (tertiary/aromatic N) is 4. The van der Waals surface area contributed by atoms with Crippen LogP contribution in [-0.2, 0) is 6.54 Å². The van der Waals surface area contributed by atoms with Gasteiger partial charge in [-0.1, -0.05) is 0 Å². The first kappa shape index (κ1) is 11.4. The van der Waals surface area contributed by atoms with Crippen molar-refractivity contribution in [3.05, 3.63) is 18.5 Å². The minimum Gasteiger partial charge on any atom is -0.489 e. The van der Waals surface area contributed by atoms with E-state index in [1.165, 1.54) is 0 Å². The van der Waals surface area contributed by atoms with Crippen LogP contribution in [0.4, 0.5) is 5.82 Å². The standard InChI is InChI=1S/C11H15N5O/c1-3-16-14-7-9(15-16)8-5-6-13-11(12)10(8)17-4-2/h5-7H,3-4H2,1-2H3,(H2,12,13). The van der Waals surface area contributed by atoms with Crippen LogP contribution in [-0.4, -0.2) is 26.6 Å². The number of aromatic nitrogens is 4. The monoisotopic (exact) mass is 233 g/mol. The fourth-order valence-corrected chi connectivity index (χ4v) is 1.54. The van der Waals surface area contributed by atoms with Crippen LogP contribution < -0.4 is 10.5 Å². The van der Waals surface area contributed by atoms with Crippen molar-refractivity contribution in [2.45, 2.75) is 20.4 Å². The van der Waals surface area contributed by atoms with Gasteiger partial charge in [-0.15, -0.1) is 0 Å². The summed E-state index contributed by atoms with van der Waals surface area (Å²) < 4.78 is 5.50. The number of anilines is 1. The lowest BCUT2D eigenvalue weighted by atomic mass is 10.2. The Morgan fingerprint density at radius 3 is 2.88 bits per heavy atom. The third kappa shape index (κ3) is 2.20. The molecule has 2 heterocycles. The lowest BCUT2D eigenvalue weighted by Crippen LogP contribution is -2.02. The van der Waals surface area contributed by atoms with Gasteiger partial charge in [0.2, 0.25) is 0 Å². The maximum absolute atomic E-state index is 5.79. The van der Waals surface area contributed by atoms with E-state index in [4.69, 9.17) is 10.5 Å². The molecule has 0 radical (unpaired) electrons. The molecule has 6 heteroatoms. The van der Waals surface area contributed by atoms with Crippen LogP contribution in [0.2, 0.25) is 0 Å². The Bertz CT molecular complexity index is 508. The molecule has 0 aliphatic carbocycles. The molecule has 2 rings (SSSR count). The van der Waals surface area contributed by atoms with E-state index in [1.54, 1.807) is 17.2 Å². The van der Waals surface area contributed by atoms with Gasteiger partial charge in [0.1, 0.15) is 5.69 Å². The van der Waals surface area contributed by atoms with E-state index in [9.17, 15) is 0 Å². The Morgan fingerprint density at radius 1 is 1.41 bits per heavy atom. The highest BCUT2D eigenvalue weighted by molar-refractivity contribution is 5.72.